The number of nitro benzene ring substituents is 1. The highest BCUT2D eigenvalue weighted by molar-refractivity contribution is 7.89. The zero-order chi connectivity index (χ0) is 20.4. The number of benzene rings is 1. The molecule has 1 saturated heterocycles. The van der Waals surface area contributed by atoms with Gasteiger partial charge in [-0.15, -0.1) is 0 Å². The zero-order valence-electron chi connectivity index (χ0n) is 15.9. The Morgan fingerprint density at radius 3 is 2.48 bits per heavy atom. The summed E-state index contributed by atoms with van der Waals surface area (Å²) >= 11 is 0. The minimum atomic E-state index is -4.08. The van der Waals surface area contributed by atoms with Gasteiger partial charge in [0.1, 0.15) is 5.60 Å². The van der Waals surface area contributed by atoms with Crippen LogP contribution in [0.5, 0.6) is 0 Å². The predicted octanol–water partition coefficient (Wildman–Crippen LogP) is 2.61. The van der Waals surface area contributed by atoms with Crippen molar-refractivity contribution in [2.75, 3.05) is 19.6 Å². The van der Waals surface area contributed by atoms with E-state index in [0.717, 1.165) is 0 Å². The lowest BCUT2D eigenvalue weighted by molar-refractivity contribution is -0.387. The smallest absolute Gasteiger partial charge is 0.410 e. The molecule has 1 aliphatic rings. The molecule has 9 nitrogen and oxygen atoms in total. The van der Waals surface area contributed by atoms with Gasteiger partial charge in [-0.2, -0.15) is 4.31 Å². The Morgan fingerprint density at radius 2 is 1.89 bits per heavy atom. The predicted molar refractivity (Wildman–Crippen MR) is 98.9 cm³/mol. The van der Waals surface area contributed by atoms with Gasteiger partial charge in [-0.1, -0.05) is 12.1 Å². The number of hydrogen-bond donors (Lipinski definition) is 0. The molecule has 2 rings (SSSR count). The van der Waals surface area contributed by atoms with Crippen molar-refractivity contribution >= 4 is 21.8 Å². The lowest BCUT2D eigenvalue weighted by Gasteiger charge is -2.29. The van der Waals surface area contributed by atoms with Crippen LogP contribution in [-0.4, -0.2) is 59.9 Å². The number of ether oxygens (including phenoxy) is 1. The van der Waals surface area contributed by atoms with Crippen LogP contribution in [0.15, 0.2) is 29.2 Å². The number of para-hydroxylation sites is 1. The molecule has 1 atom stereocenters. The van der Waals surface area contributed by atoms with Gasteiger partial charge in [0.05, 0.1) is 4.92 Å². The number of hydrogen-bond acceptors (Lipinski definition) is 6. The molecule has 0 saturated carbocycles. The molecule has 1 amide bonds. The highest BCUT2D eigenvalue weighted by Gasteiger charge is 2.37. The number of amides is 1. The number of nitrogens with zero attached hydrogens (tertiary/aromatic N) is 3. The van der Waals surface area contributed by atoms with Crippen molar-refractivity contribution in [3.63, 3.8) is 0 Å². The van der Waals surface area contributed by atoms with Crippen LogP contribution in [0.4, 0.5) is 10.5 Å². The van der Waals surface area contributed by atoms with Crippen molar-refractivity contribution < 1.29 is 22.9 Å². The van der Waals surface area contributed by atoms with E-state index in [1.165, 1.54) is 33.5 Å². The van der Waals surface area contributed by atoms with Crippen LogP contribution < -0.4 is 0 Å². The first-order valence-corrected chi connectivity index (χ1v) is 10.1. The fourth-order valence-corrected chi connectivity index (χ4v) is 4.76. The van der Waals surface area contributed by atoms with Crippen LogP contribution in [0.3, 0.4) is 0 Å². The van der Waals surface area contributed by atoms with Gasteiger partial charge in [0, 0.05) is 31.7 Å². The molecule has 150 valence electrons. The average Bonchev–Trinajstić information content (AvgIpc) is 2.75. The van der Waals surface area contributed by atoms with Gasteiger partial charge in [0.15, 0.2) is 4.90 Å². The normalized spacial score (nSPS) is 19.4. The highest BCUT2D eigenvalue weighted by atomic mass is 32.2. The summed E-state index contributed by atoms with van der Waals surface area (Å²) in [6.07, 6.45) is -0.0945. The van der Waals surface area contributed by atoms with Crippen LogP contribution in [0.1, 0.15) is 34.1 Å². The van der Waals surface area contributed by atoms with Crippen LogP contribution in [-0.2, 0) is 14.8 Å². The minimum Gasteiger partial charge on any atom is -0.444 e. The minimum absolute atomic E-state index is 0.148. The zero-order valence-corrected chi connectivity index (χ0v) is 16.7. The Labute approximate surface area is 159 Å². The second kappa shape index (κ2) is 7.81. The van der Waals surface area contributed by atoms with Crippen LogP contribution >= 0.6 is 0 Å². The summed E-state index contributed by atoms with van der Waals surface area (Å²) in [6, 6.07) is 4.73. The van der Waals surface area contributed by atoms with Gasteiger partial charge in [0.2, 0.25) is 10.0 Å². The van der Waals surface area contributed by atoms with Gasteiger partial charge < -0.3 is 9.64 Å². The first kappa shape index (κ1) is 21.1. The fourth-order valence-electron chi connectivity index (χ4n) is 2.94. The van der Waals surface area contributed by atoms with E-state index in [0.29, 0.717) is 13.0 Å². The second-order valence-corrected chi connectivity index (χ2v) is 9.33. The van der Waals surface area contributed by atoms with Crippen molar-refractivity contribution in [3.8, 4) is 0 Å². The van der Waals surface area contributed by atoms with Crippen molar-refractivity contribution in [1.29, 1.82) is 0 Å². The van der Waals surface area contributed by atoms with E-state index in [2.05, 4.69) is 0 Å². The van der Waals surface area contributed by atoms with Crippen molar-refractivity contribution in [2.45, 2.75) is 50.7 Å². The van der Waals surface area contributed by atoms with Gasteiger partial charge in [-0.25, -0.2) is 13.2 Å². The Bertz CT molecular complexity index is 818. The van der Waals surface area contributed by atoms with Crippen LogP contribution in [0.25, 0.3) is 0 Å². The first-order chi connectivity index (χ1) is 12.4. The molecular weight excluding hydrogens is 374 g/mol. The lowest BCUT2D eigenvalue weighted by Crippen LogP contribution is -2.45. The Balaban J connectivity index is 2.27. The number of carbonyl (C=O) groups excluding carboxylic acids is 1. The van der Waals surface area contributed by atoms with Crippen molar-refractivity contribution in [3.05, 3.63) is 34.4 Å². The largest absolute Gasteiger partial charge is 0.444 e. The third kappa shape index (κ3) is 4.95. The summed E-state index contributed by atoms with van der Waals surface area (Å²) in [4.78, 5) is 24.0. The van der Waals surface area contributed by atoms with Gasteiger partial charge in [-0.3, -0.25) is 10.1 Å². The summed E-state index contributed by atoms with van der Waals surface area (Å²) in [5, 5.41) is 11.2. The number of carbonyl (C=O) groups is 1. The SMILES string of the molecule is CC1CN(C(=O)OC(C)(C)C)CCCN1S(=O)(=O)c1ccccc1[N+](=O)[O-]. The molecule has 1 heterocycles. The molecule has 1 aromatic carbocycles. The molecular formula is C17H25N3O6S. The molecule has 0 radical (unpaired) electrons. The second-order valence-electron chi connectivity index (χ2n) is 7.47. The maximum atomic E-state index is 13.1. The maximum absolute atomic E-state index is 13.1. The number of sulfonamides is 1. The molecule has 0 bridgehead atoms. The number of nitro groups is 1. The quantitative estimate of drug-likeness (QED) is 0.571. The van der Waals surface area contributed by atoms with E-state index in [4.69, 9.17) is 4.74 Å². The summed E-state index contributed by atoms with van der Waals surface area (Å²) in [5.41, 5.74) is -1.11. The van der Waals surface area contributed by atoms with Gasteiger partial charge >= 0.3 is 6.09 Å². The third-order valence-electron chi connectivity index (χ3n) is 4.08. The molecule has 27 heavy (non-hydrogen) atoms. The Morgan fingerprint density at radius 1 is 1.26 bits per heavy atom. The first-order valence-electron chi connectivity index (χ1n) is 8.66. The summed E-state index contributed by atoms with van der Waals surface area (Å²) in [7, 11) is -4.08. The van der Waals surface area contributed by atoms with E-state index in [9.17, 15) is 23.3 Å². The fraction of sp³-hybridized carbons (Fsp3) is 0.588. The van der Waals surface area contributed by atoms with E-state index >= 15 is 0 Å². The molecule has 1 aliphatic heterocycles. The molecule has 10 heteroatoms. The molecule has 0 aromatic heterocycles. The molecule has 1 unspecified atom stereocenters. The van der Waals surface area contributed by atoms with Crippen LogP contribution in [0.2, 0.25) is 0 Å². The monoisotopic (exact) mass is 399 g/mol. The average molecular weight is 399 g/mol. The van der Waals surface area contributed by atoms with Crippen molar-refractivity contribution in [1.82, 2.24) is 9.21 Å². The van der Waals surface area contributed by atoms with E-state index in [-0.39, 0.29) is 18.0 Å². The molecule has 0 spiro atoms. The van der Waals surface area contributed by atoms with Crippen molar-refractivity contribution in [2.24, 2.45) is 0 Å². The van der Waals surface area contributed by atoms with Crippen LogP contribution in [0, 0.1) is 10.1 Å². The van der Waals surface area contributed by atoms with Gasteiger partial charge in [0.25, 0.3) is 5.69 Å². The summed E-state index contributed by atoms with van der Waals surface area (Å²) in [6.45, 7) is 7.62. The number of rotatable bonds is 3. The molecule has 1 aromatic rings. The topological polar surface area (TPSA) is 110 Å². The van der Waals surface area contributed by atoms with Gasteiger partial charge in [-0.05, 0) is 40.2 Å². The molecule has 0 N–H and O–H groups in total. The lowest BCUT2D eigenvalue weighted by atomic mass is 10.2. The third-order valence-corrected chi connectivity index (χ3v) is 6.14. The molecule has 0 aliphatic carbocycles. The highest BCUT2D eigenvalue weighted by Crippen LogP contribution is 2.28. The summed E-state index contributed by atoms with van der Waals surface area (Å²) in [5.74, 6) is 0. The van der Waals surface area contributed by atoms with E-state index < -0.39 is 38.4 Å². The molecule has 1 fully saturated rings. The maximum Gasteiger partial charge on any atom is 0.410 e. The van der Waals surface area contributed by atoms with E-state index in [1.54, 1.807) is 27.7 Å². The van der Waals surface area contributed by atoms with E-state index in [1.807, 2.05) is 0 Å². The Kier molecular flexibility index (Phi) is 6.10. The summed E-state index contributed by atoms with van der Waals surface area (Å²) < 4.78 is 32.7. The standard InChI is InChI=1S/C17H25N3O6S/c1-13-12-18(16(21)26-17(2,3)4)10-7-11-19(13)27(24,25)15-9-6-5-8-14(15)20(22)23/h5-6,8-9,13H,7,10-12H2,1-4H3. The Hall–Kier alpha value is -2.20.